The number of amides is 2. The van der Waals surface area contributed by atoms with Crippen LogP contribution in [0.3, 0.4) is 0 Å². The quantitative estimate of drug-likeness (QED) is 0.568. The van der Waals surface area contributed by atoms with Crippen LogP contribution in [0.2, 0.25) is 0 Å². The summed E-state index contributed by atoms with van der Waals surface area (Å²) in [4.78, 5) is 37.3. The predicted octanol–water partition coefficient (Wildman–Crippen LogP) is 4.18. The van der Waals surface area contributed by atoms with Gasteiger partial charge in [-0.3, -0.25) is 9.59 Å². The number of nitrogens with one attached hydrogen (secondary N) is 1. The molecule has 0 radical (unpaired) electrons. The van der Waals surface area contributed by atoms with Gasteiger partial charge in [-0.05, 0) is 36.4 Å². The second kappa shape index (κ2) is 9.41. The second-order valence-electron chi connectivity index (χ2n) is 6.53. The minimum Gasteiger partial charge on any atom is -0.480 e. The summed E-state index contributed by atoms with van der Waals surface area (Å²) in [6.45, 7) is 2.08. The van der Waals surface area contributed by atoms with Gasteiger partial charge in [-0.15, -0.1) is 11.3 Å². The number of methoxy groups -OCH3 is 2. The summed E-state index contributed by atoms with van der Waals surface area (Å²) in [7, 11) is 6.46. The number of rotatable bonds is 6. The van der Waals surface area contributed by atoms with Gasteiger partial charge in [-0.25, -0.2) is 4.98 Å². The van der Waals surface area contributed by atoms with E-state index >= 15 is 0 Å². The number of carbonyl (C=O) groups is 2. The number of fused-ring (bicyclic) bond motifs is 1. The number of thioether (sulfide) groups is 1. The van der Waals surface area contributed by atoms with E-state index in [0.717, 1.165) is 17.3 Å². The van der Waals surface area contributed by atoms with Gasteiger partial charge >= 0.3 is 0 Å². The Morgan fingerprint density at radius 3 is 2.60 bits per heavy atom. The number of hydrogen-bond acceptors (Lipinski definition) is 8. The fourth-order valence-corrected chi connectivity index (χ4v) is 4.56. The molecule has 0 fully saturated rings. The van der Waals surface area contributed by atoms with E-state index in [-0.39, 0.29) is 17.8 Å². The van der Waals surface area contributed by atoms with Crippen LogP contribution in [0.15, 0.2) is 29.2 Å². The van der Waals surface area contributed by atoms with Gasteiger partial charge in [-0.1, -0.05) is 12.1 Å². The van der Waals surface area contributed by atoms with E-state index in [0.29, 0.717) is 37.4 Å². The number of nitrogens with zero attached hydrogens (tertiary/aromatic N) is 3. The highest BCUT2D eigenvalue weighted by Crippen LogP contribution is 2.36. The molecule has 2 aromatic heterocycles. The van der Waals surface area contributed by atoms with Gasteiger partial charge in [0.1, 0.15) is 11.4 Å². The average molecular weight is 447 g/mol. The van der Waals surface area contributed by atoms with Gasteiger partial charge in [0, 0.05) is 26.1 Å². The molecule has 158 valence electrons. The van der Waals surface area contributed by atoms with Crippen molar-refractivity contribution < 1.29 is 19.1 Å². The monoisotopic (exact) mass is 446 g/mol. The normalized spacial score (nSPS) is 10.8. The van der Waals surface area contributed by atoms with Crippen LogP contribution in [0, 0.1) is 6.92 Å². The molecule has 0 bridgehead atoms. The summed E-state index contributed by atoms with van der Waals surface area (Å²) in [5, 5.41) is 3.50. The standard InChI is InChI=1S/C20H22N4O4S2/c1-11-15-18(28-5)22-14(10-27-4)23-19(15)30-16(11)17(25)21-12-8-6-7-9-13(12)29-20(26)24(2)3/h6-9H,10H2,1-5H3,(H,21,25). The zero-order chi connectivity index (χ0) is 21.8. The molecule has 8 nitrogen and oxygen atoms in total. The molecule has 0 aliphatic rings. The van der Waals surface area contributed by atoms with E-state index in [4.69, 9.17) is 9.47 Å². The molecule has 10 heteroatoms. The minimum atomic E-state index is -0.281. The SMILES string of the molecule is COCc1nc(OC)c2c(C)c(C(=O)Nc3ccccc3SC(=O)N(C)C)sc2n1. The number of ether oxygens (including phenoxy) is 2. The van der Waals surface area contributed by atoms with Gasteiger partial charge in [0.15, 0.2) is 5.82 Å². The molecule has 0 unspecified atom stereocenters. The first kappa shape index (κ1) is 22.0. The first-order valence-electron chi connectivity index (χ1n) is 8.98. The Balaban J connectivity index is 1.95. The molecule has 1 N–H and O–H groups in total. The summed E-state index contributed by atoms with van der Waals surface area (Å²) in [6.07, 6.45) is 0. The maximum absolute atomic E-state index is 13.1. The topological polar surface area (TPSA) is 93.7 Å². The highest BCUT2D eigenvalue weighted by atomic mass is 32.2. The fourth-order valence-electron chi connectivity index (χ4n) is 2.73. The van der Waals surface area contributed by atoms with Crippen molar-refractivity contribution in [3.8, 4) is 5.88 Å². The summed E-state index contributed by atoms with van der Waals surface area (Å²) in [5.41, 5.74) is 1.31. The zero-order valence-corrected chi connectivity index (χ0v) is 18.9. The fraction of sp³-hybridized carbons (Fsp3) is 0.300. The summed E-state index contributed by atoms with van der Waals surface area (Å²) >= 11 is 2.32. The Labute approximate surface area is 182 Å². The van der Waals surface area contributed by atoms with Crippen LogP contribution in [0.5, 0.6) is 5.88 Å². The molecule has 2 amide bonds. The Morgan fingerprint density at radius 1 is 1.20 bits per heavy atom. The van der Waals surface area contributed by atoms with E-state index in [2.05, 4.69) is 15.3 Å². The second-order valence-corrected chi connectivity index (χ2v) is 8.52. The average Bonchev–Trinajstić information content (AvgIpc) is 3.05. The number of benzene rings is 1. The predicted molar refractivity (Wildman–Crippen MR) is 119 cm³/mol. The molecule has 0 spiro atoms. The first-order chi connectivity index (χ1) is 14.3. The molecule has 0 saturated heterocycles. The third-order valence-corrected chi connectivity index (χ3v) is 6.47. The van der Waals surface area contributed by atoms with Crippen LogP contribution >= 0.6 is 23.1 Å². The van der Waals surface area contributed by atoms with E-state index in [1.165, 1.54) is 23.3 Å². The number of hydrogen-bond donors (Lipinski definition) is 1. The van der Waals surface area contributed by atoms with Gasteiger partial charge < -0.3 is 19.7 Å². The number of aryl methyl sites for hydroxylation is 1. The molecule has 2 heterocycles. The lowest BCUT2D eigenvalue weighted by Crippen LogP contribution is -2.17. The lowest BCUT2D eigenvalue weighted by Gasteiger charge is -2.13. The molecule has 1 aromatic carbocycles. The number of anilines is 1. The Kier molecular flexibility index (Phi) is 6.91. The number of aromatic nitrogens is 2. The molecular weight excluding hydrogens is 424 g/mol. The number of para-hydroxylation sites is 1. The van der Waals surface area contributed by atoms with Gasteiger partial charge in [0.25, 0.3) is 11.1 Å². The Morgan fingerprint density at radius 2 is 1.93 bits per heavy atom. The highest BCUT2D eigenvalue weighted by molar-refractivity contribution is 8.13. The van der Waals surface area contributed by atoms with Crippen molar-refractivity contribution in [2.75, 3.05) is 33.6 Å². The van der Waals surface area contributed by atoms with Gasteiger partial charge in [0.2, 0.25) is 5.88 Å². The van der Waals surface area contributed by atoms with Crippen molar-refractivity contribution in [2.45, 2.75) is 18.4 Å². The third kappa shape index (κ3) is 4.55. The van der Waals surface area contributed by atoms with Crippen LogP contribution in [-0.2, 0) is 11.3 Å². The van der Waals surface area contributed by atoms with E-state index < -0.39 is 0 Å². The largest absolute Gasteiger partial charge is 0.480 e. The van der Waals surface area contributed by atoms with Crippen LogP contribution in [-0.4, -0.2) is 54.3 Å². The van der Waals surface area contributed by atoms with E-state index in [9.17, 15) is 9.59 Å². The Bertz CT molecular complexity index is 1100. The molecule has 0 atom stereocenters. The molecular formula is C20H22N4O4S2. The van der Waals surface area contributed by atoms with Crippen molar-refractivity contribution in [1.82, 2.24) is 14.9 Å². The molecule has 3 aromatic rings. The van der Waals surface area contributed by atoms with Crippen molar-refractivity contribution in [3.05, 3.63) is 40.5 Å². The van der Waals surface area contributed by atoms with Gasteiger partial charge in [0.05, 0.1) is 23.1 Å². The maximum Gasteiger partial charge on any atom is 0.286 e. The molecule has 3 rings (SSSR count). The van der Waals surface area contributed by atoms with Crippen LogP contribution in [0.4, 0.5) is 10.5 Å². The Hall–Kier alpha value is -2.69. The summed E-state index contributed by atoms with van der Waals surface area (Å²) in [5.74, 6) is 0.614. The molecule has 0 saturated carbocycles. The summed E-state index contributed by atoms with van der Waals surface area (Å²) in [6, 6.07) is 7.19. The summed E-state index contributed by atoms with van der Waals surface area (Å²) < 4.78 is 10.5. The van der Waals surface area contributed by atoms with Crippen molar-refractivity contribution in [2.24, 2.45) is 0 Å². The van der Waals surface area contributed by atoms with Crippen LogP contribution in [0.1, 0.15) is 21.1 Å². The maximum atomic E-state index is 13.1. The van der Waals surface area contributed by atoms with E-state index in [1.807, 2.05) is 19.1 Å². The van der Waals surface area contributed by atoms with Gasteiger partial charge in [-0.2, -0.15) is 4.98 Å². The van der Waals surface area contributed by atoms with Crippen molar-refractivity contribution in [1.29, 1.82) is 0 Å². The van der Waals surface area contributed by atoms with Crippen LogP contribution in [0.25, 0.3) is 10.2 Å². The highest BCUT2D eigenvalue weighted by Gasteiger charge is 2.22. The minimum absolute atomic E-state index is 0.125. The lowest BCUT2D eigenvalue weighted by atomic mass is 10.2. The number of carbonyl (C=O) groups excluding carboxylic acids is 2. The van der Waals surface area contributed by atoms with Crippen LogP contribution < -0.4 is 10.1 Å². The zero-order valence-electron chi connectivity index (χ0n) is 17.3. The van der Waals surface area contributed by atoms with Crippen molar-refractivity contribution >= 4 is 50.1 Å². The lowest BCUT2D eigenvalue weighted by molar-refractivity contribution is 0.103. The first-order valence-corrected chi connectivity index (χ1v) is 10.6. The van der Waals surface area contributed by atoms with Crippen molar-refractivity contribution in [3.63, 3.8) is 0 Å². The third-order valence-electron chi connectivity index (χ3n) is 4.17. The smallest absolute Gasteiger partial charge is 0.286 e. The molecule has 0 aliphatic carbocycles. The number of thiophene rings is 1. The van der Waals surface area contributed by atoms with E-state index in [1.54, 1.807) is 33.3 Å². The molecule has 30 heavy (non-hydrogen) atoms. The molecule has 0 aliphatic heterocycles.